The molecule has 14 heteroatoms. The average molecular weight is 809 g/mol. The monoisotopic (exact) mass is 808 g/mol. The molecule has 0 saturated heterocycles. The smallest absolute Gasteiger partial charge is 0.261 e. The summed E-state index contributed by atoms with van der Waals surface area (Å²) in [4.78, 5) is 20.5. The van der Waals surface area contributed by atoms with Crippen LogP contribution >= 0.6 is 0 Å². The Morgan fingerprint density at radius 3 is 2.29 bits per heavy atom. The number of aryl methyl sites for hydroxylation is 1. The normalized spacial score (nSPS) is 14.1. The maximum atomic E-state index is 13.7. The zero-order valence-electron chi connectivity index (χ0n) is 33.1. The molecule has 1 aliphatic heterocycles. The predicted octanol–water partition coefficient (Wildman–Crippen LogP) is 7.91. The van der Waals surface area contributed by atoms with E-state index in [1.165, 1.54) is 0 Å². The fourth-order valence-corrected chi connectivity index (χ4v) is 7.59. The molecule has 0 radical (unpaired) electrons. The number of fused-ring (bicyclic) bond motifs is 1. The van der Waals surface area contributed by atoms with Crippen LogP contribution in [0.25, 0.3) is 17.2 Å². The van der Waals surface area contributed by atoms with Gasteiger partial charge in [0.1, 0.15) is 12.4 Å². The van der Waals surface area contributed by atoms with Crippen LogP contribution in [-0.2, 0) is 41.8 Å². The highest BCUT2D eigenvalue weighted by atomic mass is 32.2. The molecule has 5 rings (SSSR count). The molecule has 3 aromatic carbocycles. The topological polar surface area (TPSA) is 157 Å². The van der Waals surface area contributed by atoms with E-state index in [1.54, 1.807) is 36.8 Å². The maximum Gasteiger partial charge on any atom is 0.261 e. The number of hydrogen-bond donors (Lipinski definition) is 2. The Kier molecular flexibility index (Phi) is 16.7. The fraction of sp³-hybridized carbons (Fsp3) is 0.429. The lowest BCUT2D eigenvalue weighted by molar-refractivity contribution is -0.112. The molecule has 56 heavy (non-hydrogen) atoms. The first-order valence-corrected chi connectivity index (χ1v) is 22.6. The van der Waals surface area contributed by atoms with E-state index in [0.717, 1.165) is 73.5 Å². The molecule has 12 nitrogen and oxygen atoms in total. The number of ether oxygens (including phenoxy) is 2. The van der Waals surface area contributed by atoms with Crippen LogP contribution in [-0.4, -0.2) is 76.0 Å². The average Bonchev–Trinajstić information content (AvgIpc) is 3.56. The van der Waals surface area contributed by atoms with Crippen molar-refractivity contribution in [2.24, 2.45) is 5.92 Å². The highest BCUT2D eigenvalue weighted by molar-refractivity contribution is 7.90. The molecule has 2 heterocycles. The number of amides is 1. The number of unbranched alkanes of at least 4 members (excludes halogenated alkanes) is 1. The zero-order valence-corrected chi connectivity index (χ0v) is 34.7. The van der Waals surface area contributed by atoms with Crippen molar-refractivity contribution < 1.29 is 35.7 Å². The van der Waals surface area contributed by atoms with Crippen molar-refractivity contribution in [3.63, 3.8) is 0 Å². The van der Waals surface area contributed by atoms with Crippen molar-refractivity contribution in [1.82, 2.24) is 9.55 Å². The van der Waals surface area contributed by atoms with E-state index in [9.17, 15) is 21.6 Å². The number of aromatic nitrogens is 2. The van der Waals surface area contributed by atoms with Gasteiger partial charge in [0.15, 0.2) is 9.84 Å². The molecule has 0 aliphatic carbocycles. The number of nitrogens with one attached hydrogen (secondary N) is 1. The molecule has 1 amide bonds. The lowest BCUT2D eigenvalue weighted by atomic mass is 9.96. The Morgan fingerprint density at radius 2 is 1.62 bits per heavy atom. The lowest BCUT2D eigenvalue weighted by Gasteiger charge is -2.30. The molecular weight excluding hydrogens is 753 g/mol. The summed E-state index contributed by atoms with van der Waals surface area (Å²) in [6.07, 6.45) is 10.5. The summed E-state index contributed by atoms with van der Waals surface area (Å²) in [5.74, 6) is 0.963. The van der Waals surface area contributed by atoms with Crippen LogP contribution < -0.4 is 15.0 Å². The molecule has 0 bridgehead atoms. The van der Waals surface area contributed by atoms with E-state index >= 15 is 0 Å². The summed E-state index contributed by atoms with van der Waals surface area (Å²) < 4.78 is 65.6. The number of nitrogens with zero attached hydrogens (tertiary/aromatic N) is 3. The van der Waals surface area contributed by atoms with E-state index in [1.807, 2.05) is 29.7 Å². The second-order valence-electron chi connectivity index (χ2n) is 14.3. The second kappa shape index (κ2) is 21.1. The summed E-state index contributed by atoms with van der Waals surface area (Å²) in [6.45, 7) is 13.0. The summed E-state index contributed by atoms with van der Waals surface area (Å²) in [7, 11) is -7.25. The summed E-state index contributed by atoms with van der Waals surface area (Å²) in [6, 6.07) is 21.0. The standard InChI is InChI=1S/C41H52N4O5S.CH4O3S/c1-5-7-22-49-23-24-50-38-15-10-32(11-16-38)33-12-19-40-35(25-33)26-34(9-8-21-44(40)28-31(3)4)41(46)43-36-13-17-39(18-14-36)51(47,48)29-37-27-42-30-45(37)20-6-2;1-5(2,3)4/h10-19,25-27,30-31H,5-9,20-24,28-29H2,1-4H3,(H,43,46);1H3,(H,2,3,4)/b34-26+;. The molecule has 1 aromatic heterocycles. The third-order valence-electron chi connectivity index (χ3n) is 8.85. The minimum Gasteiger partial charge on any atom is -0.491 e. The van der Waals surface area contributed by atoms with E-state index < -0.39 is 20.0 Å². The Morgan fingerprint density at radius 1 is 0.929 bits per heavy atom. The van der Waals surface area contributed by atoms with Crippen molar-refractivity contribution in [2.75, 3.05) is 49.4 Å². The minimum atomic E-state index is -3.67. The first kappa shape index (κ1) is 44.2. The highest BCUT2D eigenvalue weighted by Crippen LogP contribution is 2.33. The molecule has 1 aliphatic rings. The third kappa shape index (κ3) is 14.2. The van der Waals surface area contributed by atoms with Gasteiger partial charge in [0.2, 0.25) is 0 Å². The van der Waals surface area contributed by atoms with E-state index in [4.69, 9.17) is 14.0 Å². The van der Waals surface area contributed by atoms with Crippen molar-refractivity contribution in [1.29, 1.82) is 0 Å². The van der Waals surface area contributed by atoms with Gasteiger partial charge < -0.3 is 24.3 Å². The first-order valence-electron chi connectivity index (χ1n) is 19.1. The predicted molar refractivity (Wildman–Crippen MR) is 223 cm³/mol. The van der Waals surface area contributed by atoms with Crippen LogP contribution in [0.2, 0.25) is 0 Å². The fourth-order valence-electron chi connectivity index (χ4n) is 6.24. The summed E-state index contributed by atoms with van der Waals surface area (Å²) in [5.41, 5.74) is 6.10. The van der Waals surface area contributed by atoms with Crippen LogP contribution in [0.4, 0.5) is 11.4 Å². The van der Waals surface area contributed by atoms with Crippen molar-refractivity contribution in [3.05, 3.63) is 96.1 Å². The molecule has 0 spiro atoms. The number of rotatable bonds is 17. The number of carbonyl (C=O) groups excluding carboxylic acids is 1. The number of sulfone groups is 1. The number of imidazole rings is 1. The highest BCUT2D eigenvalue weighted by Gasteiger charge is 2.21. The number of carbonyl (C=O) groups is 1. The second-order valence-corrected chi connectivity index (χ2v) is 17.7. The van der Waals surface area contributed by atoms with Gasteiger partial charge in [-0.15, -0.1) is 0 Å². The minimum absolute atomic E-state index is 0.132. The van der Waals surface area contributed by atoms with Gasteiger partial charge in [0.25, 0.3) is 16.0 Å². The van der Waals surface area contributed by atoms with Gasteiger partial charge in [-0.25, -0.2) is 13.4 Å². The first-order chi connectivity index (χ1) is 26.7. The number of hydrogen-bond acceptors (Lipinski definition) is 9. The van der Waals surface area contributed by atoms with Crippen LogP contribution in [0, 0.1) is 5.92 Å². The Balaban J connectivity index is 0.00000131. The molecule has 0 saturated carbocycles. The van der Waals surface area contributed by atoms with Gasteiger partial charge in [-0.3, -0.25) is 9.35 Å². The molecule has 0 atom stereocenters. The van der Waals surface area contributed by atoms with Crippen LogP contribution in [0.5, 0.6) is 5.75 Å². The molecule has 2 N–H and O–H groups in total. The summed E-state index contributed by atoms with van der Waals surface area (Å²) >= 11 is 0. The maximum absolute atomic E-state index is 13.7. The number of benzene rings is 3. The summed E-state index contributed by atoms with van der Waals surface area (Å²) in [5, 5.41) is 3.01. The van der Waals surface area contributed by atoms with Gasteiger partial charge >= 0.3 is 0 Å². The SMILES string of the molecule is CCCCOCCOc1ccc(-c2ccc3c(c2)/C=C(/C(=O)Nc2ccc(S(=O)(=O)Cc4cncn4CCC)cc2)CCCN3CC(C)C)cc1.CS(=O)(=O)O. The van der Waals surface area contributed by atoms with E-state index in [-0.39, 0.29) is 16.6 Å². The van der Waals surface area contributed by atoms with Crippen LogP contribution in [0.15, 0.2) is 89.7 Å². The molecule has 0 fully saturated rings. The third-order valence-corrected chi connectivity index (χ3v) is 10.5. The quantitative estimate of drug-likeness (QED) is 0.0794. The number of anilines is 2. The van der Waals surface area contributed by atoms with Gasteiger partial charge in [0, 0.05) is 49.4 Å². The van der Waals surface area contributed by atoms with E-state index in [2.05, 4.69) is 66.3 Å². The Labute approximate surface area is 332 Å². The zero-order chi connectivity index (χ0) is 40.7. The van der Waals surface area contributed by atoms with Crippen LogP contribution in [0.3, 0.4) is 0 Å². The Hall–Kier alpha value is -4.50. The Bertz CT molecular complexity index is 2100. The van der Waals surface area contributed by atoms with Crippen molar-refractivity contribution in [2.45, 2.75) is 77.0 Å². The van der Waals surface area contributed by atoms with Crippen molar-refractivity contribution in [3.8, 4) is 16.9 Å². The van der Waals surface area contributed by atoms with Gasteiger partial charge in [-0.2, -0.15) is 8.42 Å². The molecule has 4 aromatic rings. The van der Waals surface area contributed by atoms with Crippen LogP contribution in [0.1, 0.15) is 71.1 Å². The van der Waals surface area contributed by atoms with Gasteiger partial charge in [-0.05, 0) is 103 Å². The van der Waals surface area contributed by atoms with Gasteiger partial charge in [0.05, 0.1) is 35.5 Å². The largest absolute Gasteiger partial charge is 0.491 e. The molecular formula is C42H56N4O8S2. The lowest BCUT2D eigenvalue weighted by Crippen LogP contribution is -2.30. The molecule has 0 unspecified atom stereocenters. The van der Waals surface area contributed by atoms with Gasteiger partial charge in [-0.1, -0.05) is 52.3 Å². The van der Waals surface area contributed by atoms with E-state index in [0.29, 0.717) is 55.3 Å². The van der Waals surface area contributed by atoms with Crippen molar-refractivity contribution >= 4 is 43.3 Å². The molecule has 304 valence electrons.